The minimum absolute atomic E-state index is 0.0202. The molecule has 0 saturated carbocycles. The van der Waals surface area contributed by atoms with Crippen molar-refractivity contribution in [3.05, 3.63) is 72.4 Å². The molecule has 0 spiro atoms. The van der Waals surface area contributed by atoms with Crippen LogP contribution in [0.15, 0.2) is 60.8 Å². The van der Waals surface area contributed by atoms with Crippen LogP contribution in [0.3, 0.4) is 0 Å². The lowest BCUT2D eigenvalue weighted by molar-refractivity contribution is -0.137. The summed E-state index contributed by atoms with van der Waals surface area (Å²) in [5.41, 5.74) is 3.88. The Balaban J connectivity index is 1.21. The highest BCUT2D eigenvalue weighted by Gasteiger charge is 2.35. The van der Waals surface area contributed by atoms with Gasteiger partial charge in [0.1, 0.15) is 24.5 Å². The minimum Gasteiger partial charge on any atom is -0.480 e. The first-order valence-electron chi connectivity index (χ1n) is 14.5. The Morgan fingerprint density at radius 3 is 2.79 bits per heavy atom. The molecule has 2 aliphatic rings. The molecule has 3 aromatic heterocycles. The summed E-state index contributed by atoms with van der Waals surface area (Å²) >= 11 is 0. The van der Waals surface area contributed by atoms with Gasteiger partial charge < -0.3 is 23.9 Å². The Morgan fingerprint density at radius 1 is 1.14 bits per heavy atom. The molecule has 0 bridgehead atoms. The zero-order valence-electron chi connectivity index (χ0n) is 23.9. The standard InChI is InChI=1S/C32H32N8O3/c1-42-32-23(14-22-6-2-3-7-24(22)37-32)26-16-34-31(36-26)28-18-38(17-21-10-13-43-20-21)11-12-39(28)30(41)19-40-27-9-5-4-8-25(27)35-29(40)15-33/h2-9,14,16,21,28H,10-13,17-20H2,1H3,(H,34,36). The number of para-hydroxylation sites is 3. The number of nitrogens with one attached hydrogen (secondary N) is 1. The lowest BCUT2D eigenvalue weighted by atomic mass is 10.1. The van der Waals surface area contributed by atoms with Crippen molar-refractivity contribution in [3.63, 3.8) is 0 Å². The zero-order valence-corrected chi connectivity index (χ0v) is 23.9. The highest BCUT2D eigenvalue weighted by molar-refractivity contribution is 5.85. The number of hydrogen-bond donors (Lipinski definition) is 1. The van der Waals surface area contributed by atoms with Crippen LogP contribution < -0.4 is 4.74 Å². The zero-order chi connectivity index (χ0) is 29.3. The number of pyridine rings is 1. The van der Waals surface area contributed by atoms with E-state index >= 15 is 0 Å². The van der Waals surface area contributed by atoms with E-state index < -0.39 is 0 Å². The van der Waals surface area contributed by atoms with E-state index in [-0.39, 0.29) is 24.3 Å². The maximum atomic E-state index is 14.0. The van der Waals surface area contributed by atoms with Crippen molar-refractivity contribution in [1.82, 2.24) is 34.3 Å². The van der Waals surface area contributed by atoms with E-state index in [1.807, 2.05) is 59.5 Å². The fraction of sp³-hybridized carbons (Fsp3) is 0.344. The number of benzene rings is 2. The SMILES string of the molecule is COc1nc2ccccc2cc1-c1cnc(C2CN(CC3CCOC3)CCN2C(=O)Cn2c(C#N)nc3ccccc32)[nH]1. The second kappa shape index (κ2) is 11.5. The Hall–Kier alpha value is -4.79. The van der Waals surface area contributed by atoms with Crippen molar-refractivity contribution in [2.24, 2.45) is 5.92 Å². The predicted octanol–water partition coefficient (Wildman–Crippen LogP) is 3.78. The van der Waals surface area contributed by atoms with E-state index in [1.54, 1.807) is 17.9 Å². The number of nitrogens with zero attached hydrogens (tertiary/aromatic N) is 7. The monoisotopic (exact) mass is 576 g/mol. The molecule has 2 fully saturated rings. The molecule has 0 radical (unpaired) electrons. The van der Waals surface area contributed by atoms with E-state index in [1.165, 1.54) is 0 Å². The first kappa shape index (κ1) is 27.1. The molecule has 1 amide bonds. The van der Waals surface area contributed by atoms with E-state index in [0.717, 1.165) is 60.4 Å². The Bertz CT molecular complexity index is 1830. The fourth-order valence-corrected chi connectivity index (χ4v) is 6.27. The first-order valence-corrected chi connectivity index (χ1v) is 14.5. The van der Waals surface area contributed by atoms with Crippen molar-refractivity contribution in [3.8, 4) is 23.2 Å². The number of fused-ring (bicyclic) bond motifs is 2. The quantitative estimate of drug-likeness (QED) is 0.310. The molecule has 2 unspecified atom stereocenters. The number of nitriles is 1. The third-order valence-corrected chi connectivity index (χ3v) is 8.46. The molecule has 0 aliphatic carbocycles. The van der Waals surface area contributed by atoms with Crippen LogP contribution >= 0.6 is 0 Å². The molecule has 2 atom stereocenters. The van der Waals surface area contributed by atoms with Crippen LogP contribution in [0.25, 0.3) is 33.2 Å². The number of ether oxygens (including phenoxy) is 2. The van der Waals surface area contributed by atoms with Crippen LogP contribution in [-0.4, -0.2) is 86.7 Å². The van der Waals surface area contributed by atoms with E-state index in [2.05, 4.69) is 20.9 Å². The lowest BCUT2D eigenvalue weighted by Crippen LogP contribution is -2.52. The highest BCUT2D eigenvalue weighted by atomic mass is 16.5. The highest BCUT2D eigenvalue weighted by Crippen LogP contribution is 2.33. The average Bonchev–Trinajstić information content (AvgIpc) is 3.81. The number of hydrogen-bond acceptors (Lipinski definition) is 8. The largest absolute Gasteiger partial charge is 0.480 e. The summed E-state index contributed by atoms with van der Waals surface area (Å²) in [6.07, 6.45) is 2.83. The molecule has 2 aliphatic heterocycles. The maximum Gasteiger partial charge on any atom is 0.243 e. The van der Waals surface area contributed by atoms with E-state index in [9.17, 15) is 10.1 Å². The first-order chi connectivity index (χ1) is 21.1. The summed E-state index contributed by atoms with van der Waals surface area (Å²) in [7, 11) is 1.61. The fourth-order valence-electron chi connectivity index (χ4n) is 6.27. The molecule has 2 aromatic carbocycles. The number of carbonyl (C=O) groups excluding carboxylic acids is 1. The van der Waals surface area contributed by atoms with Gasteiger partial charge in [-0.1, -0.05) is 30.3 Å². The molecular weight excluding hydrogens is 544 g/mol. The maximum absolute atomic E-state index is 14.0. The van der Waals surface area contributed by atoms with Crippen molar-refractivity contribution < 1.29 is 14.3 Å². The van der Waals surface area contributed by atoms with Gasteiger partial charge in [0.2, 0.25) is 17.6 Å². The van der Waals surface area contributed by atoms with E-state index in [0.29, 0.717) is 36.2 Å². The van der Waals surface area contributed by atoms with Crippen LogP contribution in [0.2, 0.25) is 0 Å². The molecular formula is C32H32N8O3. The van der Waals surface area contributed by atoms with Crippen molar-refractivity contribution >= 4 is 27.8 Å². The van der Waals surface area contributed by atoms with Crippen LogP contribution in [0.1, 0.15) is 24.1 Å². The van der Waals surface area contributed by atoms with Crippen LogP contribution in [-0.2, 0) is 16.1 Å². The summed E-state index contributed by atoms with van der Waals surface area (Å²) in [5, 5.41) is 10.8. The molecule has 218 valence electrons. The molecule has 7 rings (SSSR count). The van der Waals surface area contributed by atoms with Gasteiger partial charge in [-0.2, -0.15) is 5.26 Å². The molecule has 2 saturated heterocycles. The molecule has 11 nitrogen and oxygen atoms in total. The van der Waals surface area contributed by atoms with Gasteiger partial charge in [-0.15, -0.1) is 0 Å². The van der Waals surface area contributed by atoms with E-state index in [4.69, 9.17) is 19.4 Å². The summed E-state index contributed by atoms with van der Waals surface area (Å²) in [4.78, 5) is 35.7. The predicted molar refractivity (Wildman–Crippen MR) is 160 cm³/mol. The number of carbonyl (C=O) groups is 1. The van der Waals surface area contributed by atoms with Gasteiger partial charge in [-0.05, 0) is 36.6 Å². The summed E-state index contributed by atoms with van der Waals surface area (Å²) in [6.45, 7) is 4.45. The molecule has 11 heteroatoms. The molecule has 5 heterocycles. The Kier molecular flexibility index (Phi) is 7.22. The number of H-pyrrole nitrogens is 1. The number of aromatic amines is 1. The summed E-state index contributed by atoms with van der Waals surface area (Å²) < 4.78 is 13.0. The number of amides is 1. The van der Waals surface area contributed by atoms with Crippen LogP contribution in [0.4, 0.5) is 0 Å². The van der Waals surface area contributed by atoms with Gasteiger partial charge >= 0.3 is 0 Å². The van der Waals surface area contributed by atoms with Gasteiger partial charge in [0.05, 0.1) is 47.7 Å². The third-order valence-electron chi connectivity index (χ3n) is 8.46. The van der Waals surface area contributed by atoms with Gasteiger partial charge in [-0.25, -0.2) is 15.0 Å². The number of piperazine rings is 1. The third kappa shape index (κ3) is 5.20. The van der Waals surface area contributed by atoms with Gasteiger partial charge in [-0.3, -0.25) is 9.69 Å². The van der Waals surface area contributed by atoms with Gasteiger partial charge in [0.15, 0.2) is 0 Å². The van der Waals surface area contributed by atoms with Crippen molar-refractivity contribution in [1.29, 1.82) is 5.26 Å². The number of methoxy groups -OCH3 is 1. The summed E-state index contributed by atoms with van der Waals surface area (Å²) in [6, 6.07) is 19.3. The molecule has 43 heavy (non-hydrogen) atoms. The summed E-state index contributed by atoms with van der Waals surface area (Å²) in [5.74, 6) is 1.82. The smallest absolute Gasteiger partial charge is 0.243 e. The minimum atomic E-state index is -0.308. The van der Waals surface area contributed by atoms with Crippen molar-refractivity contribution in [2.75, 3.05) is 46.5 Å². The topological polar surface area (TPSA) is 125 Å². The van der Waals surface area contributed by atoms with Gasteiger partial charge in [0, 0.05) is 38.2 Å². The molecule has 1 N–H and O–H groups in total. The second-order valence-electron chi connectivity index (χ2n) is 11.1. The number of imidazole rings is 2. The van der Waals surface area contributed by atoms with Crippen LogP contribution in [0.5, 0.6) is 5.88 Å². The Morgan fingerprint density at radius 2 is 1.98 bits per heavy atom. The number of rotatable bonds is 7. The average molecular weight is 577 g/mol. The normalized spacial score (nSPS) is 19.2. The molecule has 5 aromatic rings. The van der Waals surface area contributed by atoms with Crippen LogP contribution in [0, 0.1) is 17.2 Å². The second-order valence-corrected chi connectivity index (χ2v) is 11.1. The number of aromatic nitrogens is 5. The Labute approximate surface area is 248 Å². The lowest BCUT2D eigenvalue weighted by Gasteiger charge is -2.41. The van der Waals surface area contributed by atoms with Gasteiger partial charge in [0.25, 0.3) is 0 Å². The van der Waals surface area contributed by atoms with Crippen molar-refractivity contribution in [2.45, 2.75) is 19.0 Å².